The lowest BCUT2D eigenvalue weighted by atomic mass is 10.2. The molecule has 0 aliphatic heterocycles. The zero-order chi connectivity index (χ0) is 14.8. The van der Waals surface area contributed by atoms with Crippen LogP contribution >= 0.6 is 0 Å². The van der Waals surface area contributed by atoms with E-state index in [0.717, 1.165) is 0 Å². The predicted molar refractivity (Wildman–Crippen MR) is 76.4 cm³/mol. The fourth-order valence-corrected chi connectivity index (χ4v) is 2.97. The van der Waals surface area contributed by atoms with Crippen molar-refractivity contribution in [2.24, 2.45) is 0 Å². The number of hydrogen-bond donors (Lipinski definition) is 0. The Kier molecular flexibility index (Phi) is 7.05. The van der Waals surface area contributed by atoms with Gasteiger partial charge in [0, 0.05) is 13.7 Å². The minimum atomic E-state index is -3.03. The lowest BCUT2D eigenvalue weighted by Gasteiger charge is -2.07. The molecule has 0 saturated carbocycles. The van der Waals surface area contributed by atoms with Crippen molar-refractivity contribution in [1.82, 2.24) is 0 Å². The molecule has 0 atom stereocenters. The minimum Gasteiger partial charge on any atom is -0.494 e. The summed E-state index contributed by atoms with van der Waals surface area (Å²) in [6.07, 6.45) is 0.954. The number of benzene rings is 1. The summed E-state index contributed by atoms with van der Waals surface area (Å²) >= 11 is 0. The van der Waals surface area contributed by atoms with E-state index in [0.29, 0.717) is 37.4 Å². The van der Waals surface area contributed by atoms with Gasteiger partial charge in [-0.1, -0.05) is 6.07 Å². The summed E-state index contributed by atoms with van der Waals surface area (Å²) in [6, 6.07) is 8.82. The molecule has 0 saturated heterocycles. The van der Waals surface area contributed by atoms with E-state index in [-0.39, 0.29) is 11.5 Å². The lowest BCUT2D eigenvalue weighted by molar-refractivity contribution is 0.199. The van der Waals surface area contributed by atoms with Gasteiger partial charge in [0.05, 0.1) is 29.7 Å². The van der Waals surface area contributed by atoms with Gasteiger partial charge in [-0.15, -0.1) is 0 Å². The van der Waals surface area contributed by atoms with Gasteiger partial charge in [0.15, 0.2) is 9.84 Å². The van der Waals surface area contributed by atoms with Crippen molar-refractivity contribution in [3.63, 3.8) is 0 Å². The molecular formula is C14H19NO4S. The van der Waals surface area contributed by atoms with E-state index in [1.807, 2.05) is 6.07 Å². The van der Waals surface area contributed by atoms with Gasteiger partial charge in [-0.05, 0) is 31.0 Å². The molecule has 0 aliphatic carbocycles. The molecule has 1 aromatic carbocycles. The Bertz CT molecular complexity index is 549. The fourth-order valence-electron chi connectivity index (χ4n) is 1.65. The van der Waals surface area contributed by atoms with Crippen LogP contribution in [0.3, 0.4) is 0 Å². The van der Waals surface area contributed by atoms with Crippen LogP contribution < -0.4 is 4.74 Å². The van der Waals surface area contributed by atoms with E-state index >= 15 is 0 Å². The highest BCUT2D eigenvalue weighted by atomic mass is 32.2. The molecule has 0 aliphatic rings. The smallest absolute Gasteiger partial charge is 0.150 e. The van der Waals surface area contributed by atoms with E-state index < -0.39 is 9.84 Å². The summed E-state index contributed by atoms with van der Waals surface area (Å²) in [7, 11) is -1.48. The number of ether oxygens (including phenoxy) is 2. The zero-order valence-electron chi connectivity index (χ0n) is 11.5. The molecule has 5 nitrogen and oxygen atoms in total. The average Bonchev–Trinajstić information content (AvgIpc) is 2.44. The monoisotopic (exact) mass is 297 g/mol. The average molecular weight is 297 g/mol. The van der Waals surface area contributed by atoms with Crippen molar-refractivity contribution in [3.05, 3.63) is 29.8 Å². The van der Waals surface area contributed by atoms with Gasteiger partial charge >= 0.3 is 0 Å². The highest BCUT2D eigenvalue weighted by Crippen LogP contribution is 2.12. The maximum absolute atomic E-state index is 11.7. The molecule has 6 heteroatoms. The summed E-state index contributed by atoms with van der Waals surface area (Å²) in [4.78, 5) is 0. The van der Waals surface area contributed by atoms with Crippen molar-refractivity contribution in [1.29, 1.82) is 5.26 Å². The third-order valence-electron chi connectivity index (χ3n) is 2.64. The highest BCUT2D eigenvalue weighted by Gasteiger charge is 2.10. The maximum Gasteiger partial charge on any atom is 0.150 e. The molecule has 1 aromatic rings. The summed E-state index contributed by atoms with van der Waals surface area (Å²) < 4.78 is 33.6. The number of rotatable bonds is 9. The summed E-state index contributed by atoms with van der Waals surface area (Å²) in [5.41, 5.74) is 0.523. The molecule has 110 valence electrons. The first-order chi connectivity index (χ1) is 9.57. The Morgan fingerprint density at radius 1 is 1.20 bits per heavy atom. The Balaban J connectivity index is 2.29. The zero-order valence-corrected chi connectivity index (χ0v) is 12.4. The molecule has 0 bridgehead atoms. The van der Waals surface area contributed by atoms with Crippen LogP contribution in [-0.4, -0.2) is 40.2 Å². The SMILES string of the molecule is COCCCS(=O)(=O)CCCOc1cccc(C#N)c1. The molecule has 0 heterocycles. The molecule has 20 heavy (non-hydrogen) atoms. The third kappa shape index (κ3) is 6.55. The topological polar surface area (TPSA) is 76.4 Å². The number of sulfone groups is 1. The Morgan fingerprint density at radius 2 is 1.90 bits per heavy atom. The molecule has 0 spiro atoms. The van der Waals surface area contributed by atoms with Gasteiger partial charge in [0.2, 0.25) is 0 Å². The van der Waals surface area contributed by atoms with Gasteiger partial charge in [0.25, 0.3) is 0 Å². The van der Waals surface area contributed by atoms with Crippen LogP contribution in [-0.2, 0) is 14.6 Å². The minimum absolute atomic E-state index is 0.106. The van der Waals surface area contributed by atoms with Crippen molar-refractivity contribution in [2.45, 2.75) is 12.8 Å². The van der Waals surface area contributed by atoms with E-state index in [4.69, 9.17) is 14.7 Å². The standard InChI is InChI=1S/C14H19NO4S/c1-18-7-3-9-20(16,17)10-4-8-19-14-6-2-5-13(11-14)12-15/h2,5-6,11H,3-4,7-10H2,1H3. The molecule has 0 radical (unpaired) electrons. The first-order valence-corrected chi connectivity index (χ1v) is 8.22. The maximum atomic E-state index is 11.7. The van der Waals surface area contributed by atoms with Gasteiger partial charge < -0.3 is 9.47 Å². The summed E-state index contributed by atoms with van der Waals surface area (Å²) in [6.45, 7) is 0.773. The normalized spacial score (nSPS) is 11.0. The van der Waals surface area contributed by atoms with Gasteiger partial charge in [-0.25, -0.2) is 8.42 Å². The second kappa shape index (κ2) is 8.56. The number of nitriles is 1. The molecule has 1 rings (SSSR count). The molecule has 0 fully saturated rings. The van der Waals surface area contributed by atoms with Crippen molar-refractivity contribution < 1.29 is 17.9 Å². The Morgan fingerprint density at radius 3 is 2.55 bits per heavy atom. The van der Waals surface area contributed by atoms with E-state index in [9.17, 15) is 8.42 Å². The van der Waals surface area contributed by atoms with Crippen LogP contribution in [0.2, 0.25) is 0 Å². The van der Waals surface area contributed by atoms with Crippen molar-refractivity contribution in [2.75, 3.05) is 31.8 Å². The number of nitrogens with zero attached hydrogens (tertiary/aromatic N) is 1. The fraction of sp³-hybridized carbons (Fsp3) is 0.500. The van der Waals surface area contributed by atoms with Gasteiger partial charge in [-0.3, -0.25) is 0 Å². The van der Waals surface area contributed by atoms with Crippen molar-refractivity contribution in [3.8, 4) is 11.8 Å². The summed E-state index contributed by atoms with van der Waals surface area (Å²) in [5, 5.41) is 8.75. The largest absolute Gasteiger partial charge is 0.494 e. The molecule has 0 unspecified atom stereocenters. The Hall–Kier alpha value is -1.58. The molecule has 0 amide bonds. The summed E-state index contributed by atoms with van der Waals surface area (Å²) in [5.74, 6) is 0.834. The van der Waals surface area contributed by atoms with Crippen LogP contribution in [0.5, 0.6) is 5.75 Å². The second-order valence-corrected chi connectivity index (χ2v) is 6.64. The van der Waals surface area contributed by atoms with Gasteiger partial charge in [-0.2, -0.15) is 5.26 Å². The Labute approximate surface area is 120 Å². The van der Waals surface area contributed by atoms with Crippen LogP contribution in [0.25, 0.3) is 0 Å². The lowest BCUT2D eigenvalue weighted by Crippen LogP contribution is -2.14. The van der Waals surface area contributed by atoms with E-state index in [2.05, 4.69) is 0 Å². The first-order valence-electron chi connectivity index (χ1n) is 6.40. The van der Waals surface area contributed by atoms with Gasteiger partial charge in [0.1, 0.15) is 5.75 Å². The number of hydrogen-bond acceptors (Lipinski definition) is 5. The highest BCUT2D eigenvalue weighted by molar-refractivity contribution is 7.91. The van der Waals surface area contributed by atoms with Crippen LogP contribution in [0.4, 0.5) is 0 Å². The second-order valence-electron chi connectivity index (χ2n) is 4.34. The third-order valence-corrected chi connectivity index (χ3v) is 4.46. The first kappa shape index (κ1) is 16.5. The molecular weight excluding hydrogens is 278 g/mol. The van der Waals surface area contributed by atoms with Crippen molar-refractivity contribution >= 4 is 9.84 Å². The van der Waals surface area contributed by atoms with E-state index in [1.165, 1.54) is 0 Å². The van der Waals surface area contributed by atoms with Crippen LogP contribution in [0.15, 0.2) is 24.3 Å². The molecule has 0 N–H and O–H groups in total. The van der Waals surface area contributed by atoms with Crippen LogP contribution in [0, 0.1) is 11.3 Å². The number of methoxy groups -OCH3 is 1. The quantitative estimate of drug-likeness (QED) is 0.649. The van der Waals surface area contributed by atoms with Crippen LogP contribution in [0.1, 0.15) is 18.4 Å². The van der Waals surface area contributed by atoms with E-state index in [1.54, 1.807) is 31.4 Å². The molecule has 0 aromatic heterocycles. The predicted octanol–water partition coefficient (Wildman–Crippen LogP) is 1.78.